The molecule has 1 aromatic heterocycles. The van der Waals surface area contributed by atoms with Gasteiger partial charge in [-0.3, -0.25) is 0 Å². The van der Waals surface area contributed by atoms with E-state index in [4.69, 9.17) is 0 Å². The van der Waals surface area contributed by atoms with E-state index in [-0.39, 0.29) is 5.56 Å². The van der Waals surface area contributed by atoms with Gasteiger partial charge in [-0.2, -0.15) is 13.8 Å². The van der Waals surface area contributed by atoms with E-state index in [1.54, 1.807) is 0 Å². The standard InChI is InChI=1S/C15H17F2N/c1-2-11-3-5-12(6-4-11)7-8-13-9-10-14(16)18-15(13)17/h9-12H,2-6H2,1H3/t11-,12-. The molecule has 1 fully saturated rings. The molecule has 18 heavy (non-hydrogen) atoms. The molecule has 0 aliphatic heterocycles. The molecule has 96 valence electrons. The molecule has 0 radical (unpaired) electrons. The van der Waals surface area contributed by atoms with Crippen LogP contribution in [0.1, 0.15) is 44.6 Å². The second-order valence-electron chi connectivity index (χ2n) is 4.87. The second kappa shape index (κ2) is 5.95. The zero-order valence-electron chi connectivity index (χ0n) is 10.5. The van der Waals surface area contributed by atoms with Crippen LogP contribution in [0.25, 0.3) is 0 Å². The Morgan fingerprint density at radius 3 is 2.56 bits per heavy atom. The summed E-state index contributed by atoms with van der Waals surface area (Å²) < 4.78 is 25.9. The van der Waals surface area contributed by atoms with Gasteiger partial charge in [-0.25, -0.2) is 0 Å². The topological polar surface area (TPSA) is 12.9 Å². The molecule has 1 saturated carbocycles. The molecule has 1 aliphatic carbocycles. The molecule has 1 aliphatic rings. The molecule has 0 aromatic carbocycles. The van der Waals surface area contributed by atoms with Gasteiger partial charge in [0.1, 0.15) is 0 Å². The average molecular weight is 249 g/mol. The van der Waals surface area contributed by atoms with Crippen LogP contribution in [0.15, 0.2) is 12.1 Å². The Hall–Kier alpha value is -1.43. The smallest absolute Gasteiger partial charge is 0.189 e. The lowest BCUT2D eigenvalue weighted by molar-refractivity contribution is 0.309. The summed E-state index contributed by atoms with van der Waals surface area (Å²) >= 11 is 0. The normalized spacial score (nSPS) is 23.3. The van der Waals surface area contributed by atoms with Crippen molar-refractivity contribution in [2.75, 3.05) is 0 Å². The molecule has 1 aromatic rings. The number of hydrogen-bond donors (Lipinski definition) is 0. The molecule has 0 bridgehead atoms. The fourth-order valence-corrected chi connectivity index (χ4v) is 2.40. The number of halogens is 2. The average Bonchev–Trinajstić information content (AvgIpc) is 2.38. The Labute approximate surface area is 107 Å². The quantitative estimate of drug-likeness (QED) is 0.543. The summed E-state index contributed by atoms with van der Waals surface area (Å²) in [5, 5.41) is 0. The number of nitrogens with zero attached hydrogens (tertiary/aromatic N) is 1. The molecular weight excluding hydrogens is 232 g/mol. The zero-order chi connectivity index (χ0) is 13.0. The van der Waals surface area contributed by atoms with Gasteiger partial charge in [-0.15, -0.1) is 0 Å². The van der Waals surface area contributed by atoms with Crippen molar-refractivity contribution in [1.82, 2.24) is 4.98 Å². The van der Waals surface area contributed by atoms with E-state index in [0.29, 0.717) is 5.92 Å². The first kappa shape index (κ1) is 13.0. The lowest BCUT2D eigenvalue weighted by Crippen LogP contribution is -2.12. The van der Waals surface area contributed by atoms with E-state index >= 15 is 0 Å². The predicted octanol–water partition coefficient (Wildman–Crippen LogP) is 3.93. The predicted molar refractivity (Wildman–Crippen MR) is 66.8 cm³/mol. The Balaban J connectivity index is 2.00. The third kappa shape index (κ3) is 3.29. The molecule has 3 heteroatoms. The van der Waals surface area contributed by atoms with Crippen molar-refractivity contribution in [3.05, 3.63) is 29.6 Å². The van der Waals surface area contributed by atoms with Gasteiger partial charge >= 0.3 is 0 Å². The highest BCUT2D eigenvalue weighted by Gasteiger charge is 2.18. The van der Waals surface area contributed by atoms with E-state index in [1.165, 1.54) is 25.3 Å². The highest BCUT2D eigenvalue weighted by molar-refractivity contribution is 5.33. The molecule has 0 unspecified atom stereocenters. The number of rotatable bonds is 1. The van der Waals surface area contributed by atoms with E-state index in [2.05, 4.69) is 23.7 Å². The molecular formula is C15H17F2N. The molecule has 0 amide bonds. The van der Waals surface area contributed by atoms with Gasteiger partial charge in [0.15, 0.2) is 0 Å². The summed E-state index contributed by atoms with van der Waals surface area (Å²) in [6, 6.07) is 2.49. The lowest BCUT2D eigenvalue weighted by atomic mass is 9.81. The van der Waals surface area contributed by atoms with Crippen molar-refractivity contribution in [2.45, 2.75) is 39.0 Å². The van der Waals surface area contributed by atoms with E-state index < -0.39 is 11.9 Å². The van der Waals surface area contributed by atoms with Crippen LogP contribution in [-0.2, 0) is 0 Å². The van der Waals surface area contributed by atoms with E-state index in [9.17, 15) is 8.78 Å². The van der Waals surface area contributed by atoms with Gasteiger partial charge in [0.25, 0.3) is 0 Å². The fraction of sp³-hybridized carbons (Fsp3) is 0.533. The molecule has 2 rings (SSSR count). The Morgan fingerprint density at radius 2 is 1.94 bits per heavy atom. The van der Waals surface area contributed by atoms with Gasteiger partial charge < -0.3 is 0 Å². The van der Waals surface area contributed by atoms with Crippen molar-refractivity contribution in [3.63, 3.8) is 0 Å². The number of hydrogen-bond acceptors (Lipinski definition) is 1. The Morgan fingerprint density at radius 1 is 1.22 bits per heavy atom. The van der Waals surface area contributed by atoms with Crippen molar-refractivity contribution in [1.29, 1.82) is 0 Å². The largest absolute Gasteiger partial charge is 0.231 e. The molecule has 0 saturated heterocycles. The van der Waals surface area contributed by atoms with E-state index in [1.807, 2.05) is 0 Å². The van der Waals surface area contributed by atoms with Crippen LogP contribution in [0.3, 0.4) is 0 Å². The molecule has 0 atom stereocenters. The summed E-state index contributed by atoms with van der Waals surface area (Å²) in [4.78, 5) is 3.13. The van der Waals surface area contributed by atoms with Gasteiger partial charge in [-0.1, -0.05) is 25.2 Å². The third-order valence-electron chi connectivity index (χ3n) is 3.65. The van der Waals surface area contributed by atoms with Gasteiger partial charge in [-0.05, 0) is 43.7 Å². The zero-order valence-corrected chi connectivity index (χ0v) is 10.5. The van der Waals surface area contributed by atoms with Crippen molar-refractivity contribution in [3.8, 4) is 11.8 Å². The number of aromatic nitrogens is 1. The van der Waals surface area contributed by atoms with Crippen LogP contribution < -0.4 is 0 Å². The first-order chi connectivity index (χ1) is 8.69. The summed E-state index contributed by atoms with van der Waals surface area (Å²) in [5.41, 5.74) is 0.189. The first-order valence-corrected chi connectivity index (χ1v) is 6.52. The first-order valence-electron chi connectivity index (χ1n) is 6.52. The highest BCUT2D eigenvalue weighted by Crippen LogP contribution is 2.30. The van der Waals surface area contributed by atoms with Crippen molar-refractivity contribution >= 4 is 0 Å². The molecule has 1 heterocycles. The Bertz CT molecular complexity index is 465. The minimum absolute atomic E-state index is 0.189. The van der Waals surface area contributed by atoms with Gasteiger partial charge in [0.2, 0.25) is 11.9 Å². The van der Waals surface area contributed by atoms with Crippen LogP contribution >= 0.6 is 0 Å². The van der Waals surface area contributed by atoms with E-state index in [0.717, 1.165) is 24.8 Å². The maximum Gasteiger partial charge on any atom is 0.231 e. The van der Waals surface area contributed by atoms with Crippen LogP contribution in [0, 0.1) is 35.6 Å². The SMILES string of the molecule is CC[C@H]1CC[C@H](C#Cc2ccc(F)nc2F)CC1. The van der Waals surface area contributed by atoms with Crippen molar-refractivity contribution < 1.29 is 8.78 Å². The number of pyridine rings is 1. The van der Waals surface area contributed by atoms with Crippen LogP contribution in [0.4, 0.5) is 8.78 Å². The van der Waals surface area contributed by atoms with Crippen LogP contribution in [-0.4, -0.2) is 4.98 Å². The summed E-state index contributed by atoms with van der Waals surface area (Å²) in [6.07, 6.45) is 5.82. The van der Waals surface area contributed by atoms with Crippen LogP contribution in [0.2, 0.25) is 0 Å². The minimum atomic E-state index is -0.815. The minimum Gasteiger partial charge on any atom is -0.189 e. The second-order valence-corrected chi connectivity index (χ2v) is 4.87. The van der Waals surface area contributed by atoms with Gasteiger partial charge in [0, 0.05) is 5.92 Å². The summed E-state index contributed by atoms with van der Waals surface area (Å²) in [5.74, 6) is 5.43. The van der Waals surface area contributed by atoms with Crippen molar-refractivity contribution in [2.24, 2.45) is 11.8 Å². The van der Waals surface area contributed by atoms with Gasteiger partial charge in [0.05, 0.1) is 5.56 Å². The Kier molecular flexibility index (Phi) is 4.30. The summed E-state index contributed by atoms with van der Waals surface area (Å²) in [6.45, 7) is 2.22. The maximum atomic E-state index is 13.3. The lowest BCUT2D eigenvalue weighted by Gasteiger charge is -2.24. The molecule has 0 spiro atoms. The monoisotopic (exact) mass is 249 g/mol. The molecule has 0 N–H and O–H groups in total. The molecule has 1 nitrogen and oxygen atoms in total. The fourth-order valence-electron chi connectivity index (χ4n) is 2.40. The maximum absolute atomic E-state index is 13.3. The summed E-state index contributed by atoms with van der Waals surface area (Å²) in [7, 11) is 0. The third-order valence-corrected chi connectivity index (χ3v) is 3.65. The highest BCUT2D eigenvalue weighted by atomic mass is 19.1. The van der Waals surface area contributed by atoms with Crippen LogP contribution in [0.5, 0.6) is 0 Å².